The van der Waals surface area contributed by atoms with Gasteiger partial charge in [-0.3, -0.25) is 0 Å². The normalized spacial score (nSPS) is 14.1. The Labute approximate surface area is 161 Å². The lowest BCUT2D eigenvalue weighted by molar-refractivity contribution is 0.0230. The lowest BCUT2D eigenvalue weighted by atomic mass is 10.1. The van der Waals surface area contributed by atoms with Gasteiger partial charge in [0.25, 0.3) is 0 Å². The van der Waals surface area contributed by atoms with Gasteiger partial charge in [0, 0.05) is 0 Å². The molecule has 0 aliphatic carbocycles. The summed E-state index contributed by atoms with van der Waals surface area (Å²) in [6, 6.07) is 13.0. The summed E-state index contributed by atoms with van der Waals surface area (Å²) in [4.78, 5) is 19.2. The molecule has 0 unspecified atom stereocenters. The number of fused-ring (bicyclic) bond motifs is 1. The molecule has 1 saturated heterocycles. The van der Waals surface area contributed by atoms with Crippen molar-refractivity contribution in [1.29, 1.82) is 0 Å². The van der Waals surface area contributed by atoms with Crippen LogP contribution in [-0.4, -0.2) is 43.9 Å². The molecule has 3 aromatic rings. The number of rotatable bonds is 6. The largest absolute Gasteiger partial charge is 0.494 e. The number of para-hydroxylation sites is 2. The van der Waals surface area contributed by atoms with Crippen molar-refractivity contribution in [2.75, 3.05) is 31.7 Å². The highest BCUT2D eigenvalue weighted by molar-refractivity contribution is 7.22. The summed E-state index contributed by atoms with van der Waals surface area (Å²) in [5, 5.41) is 0.913. The number of carbonyl (C=O) groups is 1. The van der Waals surface area contributed by atoms with Crippen LogP contribution in [0.25, 0.3) is 10.2 Å². The Balaban J connectivity index is 1.41. The molecule has 7 heteroatoms. The number of carbonyl (C=O) groups excluding carboxylic acids is 1. The highest BCUT2D eigenvalue weighted by Gasteiger charge is 2.33. The lowest BCUT2D eigenvalue weighted by Crippen LogP contribution is -2.53. The summed E-state index contributed by atoms with van der Waals surface area (Å²) in [5.74, 6) is 0.972. The van der Waals surface area contributed by atoms with Crippen molar-refractivity contribution >= 4 is 32.7 Å². The number of hydrogen-bond acceptors (Lipinski definition) is 7. The molecule has 0 radical (unpaired) electrons. The first-order valence-electron chi connectivity index (χ1n) is 8.81. The molecule has 1 fully saturated rings. The van der Waals surface area contributed by atoms with Crippen molar-refractivity contribution in [3.05, 3.63) is 48.0 Å². The number of nitrogens with zero attached hydrogens (tertiary/aromatic N) is 2. The van der Waals surface area contributed by atoms with Gasteiger partial charge in [0.2, 0.25) is 0 Å². The molecule has 0 spiro atoms. The fraction of sp³-hybridized carbons (Fsp3) is 0.300. The number of anilines is 1. The first-order chi connectivity index (χ1) is 13.2. The van der Waals surface area contributed by atoms with E-state index in [-0.39, 0.29) is 12.1 Å². The number of benzene rings is 2. The molecular formula is C20H20N2O4S. The Morgan fingerprint density at radius 2 is 1.96 bits per heavy atom. The van der Waals surface area contributed by atoms with Crippen molar-refractivity contribution in [2.45, 2.75) is 13.0 Å². The zero-order chi connectivity index (χ0) is 18.8. The average molecular weight is 384 g/mol. The van der Waals surface area contributed by atoms with Crippen LogP contribution >= 0.6 is 11.3 Å². The van der Waals surface area contributed by atoms with Crippen molar-refractivity contribution in [2.24, 2.45) is 0 Å². The monoisotopic (exact) mass is 384 g/mol. The lowest BCUT2D eigenvalue weighted by Gasteiger charge is -2.38. The Bertz CT molecular complexity index is 966. The highest BCUT2D eigenvalue weighted by atomic mass is 32.1. The maximum atomic E-state index is 12.5. The molecule has 140 valence electrons. The van der Waals surface area contributed by atoms with E-state index in [2.05, 4.69) is 9.88 Å². The molecule has 2 aromatic carbocycles. The van der Waals surface area contributed by atoms with Crippen molar-refractivity contribution in [3.8, 4) is 11.5 Å². The van der Waals surface area contributed by atoms with E-state index >= 15 is 0 Å². The maximum absolute atomic E-state index is 12.5. The van der Waals surface area contributed by atoms with Crippen LogP contribution in [0.4, 0.5) is 5.13 Å². The van der Waals surface area contributed by atoms with Gasteiger partial charge >= 0.3 is 5.97 Å². The van der Waals surface area contributed by atoms with Crippen LogP contribution in [-0.2, 0) is 4.74 Å². The highest BCUT2D eigenvalue weighted by Crippen LogP contribution is 2.36. The van der Waals surface area contributed by atoms with Gasteiger partial charge in [0.15, 0.2) is 5.13 Å². The van der Waals surface area contributed by atoms with Crippen LogP contribution in [0.2, 0.25) is 0 Å². The molecule has 2 heterocycles. The number of esters is 1. The van der Waals surface area contributed by atoms with Crippen molar-refractivity contribution in [1.82, 2.24) is 4.98 Å². The fourth-order valence-corrected chi connectivity index (χ4v) is 4.01. The number of thiazole rings is 1. The standard InChI is InChI=1S/C20H20N2O4S/c1-3-25-15-8-5-4-7-14(15)19(23)26-13-11-22(12-13)20-21-18-16(24-2)9-6-10-17(18)27-20/h4-10,13H,3,11-12H2,1-2H3. The molecule has 27 heavy (non-hydrogen) atoms. The minimum atomic E-state index is -0.352. The average Bonchev–Trinajstić information content (AvgIpc) is 3.08. The predicted molar refractivity (Wildman–Crippen MR) is 105 cm³/mol. The first kappa shape index (κ1) is 17.6. The van der Waals surface area contributed by atoms with Crippen LogP contribution in [0.3, 0.4) is 0 Å². The van der Waals surface area contributed by atoms with Gasteiger partial charge < -0.3 is 19.1 Å². The molecule has 1 aliphatic heterocycles. The number of hydrogen-bond donors (Lipinski definition) is 0. The summed E-state index contributed by atoms with van der Waals surface area (Å²) < 4.78 is 17.6. The summed E-state index contributed by atoms with van der Waals surface area (Å²) in [7, 11) is 1.65. The van der Waals surface area contributed by atoms with Gasteiger partial charge in [-0.15, -0.1) is 0 Å². The third-order valence-electron chi connectivity index (χ3n) is 4.39. The number of aromatic nitrogens is 1. The quantitative estimate of drug-likeness (QED) is 0.603. The minimum absolute atomic E-state index is 0.152. The SMILES string of the molecule is CCOc1ccccc1C(=O)OC1CN(c2nc3c(OC)cccc3s2)C1. The van der Waals surface area contributed by atoms with Gasteiger partial charge in [0.1, 0.15) is 28.7 Å². The van der Waals surface area contributed by atoms with E-state index in [4.69, 9.17) is 14.2 Å². The smallest absolute Gasteiger partial charge is 0.342 e. The van der Waals surface area contributed by atoms with E-state index in [9.17, 15) is 4.79 Å². The number of ether oxygens (including phenoxy) is 3. The van der Waals surface area contributed by atoms with Gasteiger partial charge in [0.05, 0.1) is 31.5 Å². The van der Waals surface area contributed by atoms with Crippen molar-refractivity contribution < 1.29 is 19.0 Å². The summed E-state index contributed by atoms with van der Waals surface area (Å²) in [6.45, 7) is 3.65. The first-order valence-corrected chi connectivity index (χ1v) is 9.62. The molecule has 6 nitrogen and oxygen atoms in total. The second kappa shape index (κ2) is 7.44. The van der Waals surface area contributed by atoms with Crippen LogP contribution in [0, 0.1) is 0 Å². The second-order valence-corrected chi connectivity index (χ2v) is 7.17. The summed E-state index contributed by atoms with van der Waals surface area (Å²) in [5.41, 5.74) is 1.33. The maximum Gasteiger partial charge on any atom is 0.342 e. The molecule has 0 N–H and O–H groups in total. The van der Waals surface area contributed by atoms with Crippen LogP contribution < -0.4 is 14.4 Å². The third kappa shape index (κ3) is 3.42. The van der Waals surface area contributed by atoms with Crippen LogP contribution in [0.15, 0.2) is 42.5 Å². The van der Waals surface area contributed by atoms with E-state index in [1.54, 1.807) is 36.6 Å². The van der Waals surface area contributed by atoms with Crippen LogP contribution in [0.5, 0.6) is 11.5 Å². The van der Waals surface area contributed by atoms with Crippen molar-refractivity contribution in [3.63, 3.8) is 0 Å². The molecule has 0 bridgehead atoms. The topological polar surface area (TPSA) is 60.9 Å². The van der Waals surface area contributed by atoms with E-state index < -0.39 is 0 Å². The predicted octanol–water partition coefficient (Wildman–Crippen LogP) is 3.75. The molecule has 0 saturated carbocycles. The molecule has 1 aromatic heterocycles. The Kier molecular flexibility index (Phi) is 4.85. The zero-order valence-electron chi connectivity index (χ0n) is 15.2. The molecular weight excluding hydrogens is 364 g/mol. The molecule has 0 atom stereocenters. The molecule has 4 rings (SSSR count). The summed E-state index contributed by atoms with van der Waals surface area (Å²) in [6.07, 6.45) is -0.152. The Morgan fingerprint density at radius 3 is 2.74 bits per heavy atom. The zero-order valence-corrected chi connectivity index (χ0v) is 16.0. The number of methoxy groups -OCH3 is 1. The molecule has 1 aliphatic rings. The second-order valence-electron chi connectivity index (χ2n) is 6.16. The van der Waals surface area contributed by atoms with E-state index in [0.717, 1.165) is 21.1 Å². The van der Waals surface area contributed by atoms with Gasteiger partial charge in [-0.2, -0.15) is 0 Å². The fourth-order valence-electron chi connectivity index (χ4n) is 3.01. The van der Waals surface area contributed by atoms with Gasteiger partial charge in [-0.05, 0) is 31.2 Å². The summed E-state index contributed by atoms with van der Waals surface area (Å²) >= 11 is 1.61. The van der Waals surface area contributed by atoms with Crippen LogP contribution in [0.1, 0.15) is 17.3 Å². The van der Waals surface area contributed by atoms with Gasteiger partial charge in [-0.25, -0.2) is 9.78 Å². The van der Waals surface area contributed by atoms with E-state index in [1.165, 1.54) is 0 Å². The molecule has 0 amide bonds. The van der Waals surface area contributed by atoms with E-state index in [0.29, 0.717) is 31.0 Å². The third-order valence-corrected chi connectivity index (χ3v) is 5.47. The Morgan fingerprint density at radius 1 is 1.19 bits per heavy atom. The Hall–Kier alpha value is -2.80. The van der Waals surface area contributed by atoms with Gasteiger partial charge in [-0.1, -0.05) is 29.5 Å². The van der Waals surface area contributed by atoms with E-state index in [1.807, 2.05) is 31.2 Å². The minimum Gasteiger partial charge on any atom is -0.494 e.